The predicted molar refractivity (Wildman–Crippen MR) is 74.2 cm³/mol. The summed E-state index contributed by atoms with van der Waals surface area (Å²) in [7, 11) is -3.76. The fraction of sp³-hybridized carbons (Fsp3) is 0.417. The molecule has 6 nitrogen and oxygen atoms in total. The minimum absolute atomic E-state index is 0.0315. The number of primary sulfonamides is 1. The highest BCUT2D eigenvalue weighted by Gasteiger charge is 2.12. The zero-order chi connectivity index (χ0) is 14.3. The number of para-hydroxylation sites is 1. The quantitative estimate of drug-likeness (QED) is 0.685. The van der Waals surface area contributed by atoms with Crippen LogP contribution in [0.5, 0.6) is 0 Å². The van der Waals surface area contributed by atoms with Crippen LogP contribution in [0.4, 0.5) is 5.69 Å². The van der Waals surface area contributed by atoms with E-state index in [2.05, 4.69) is 10.6 Å². The van der Waals surface area contributed by atoms with Crippen LogP contribution in [0.15, 0.2) is 29.2 Å². The van der Waals surface area contributed by atoms with Crippen molar-refractivity contribution in [1.82, 2.24) is 5.32 Å². The van der Waals surface area contributed by atoms with Gasteiger partial charge in [-0.2, -0.15) is 0 Å². The molecule has 0 saturated carbocycles. The molecule has 1 aromatic carbocycles. The number of carbonyl (C=O) groups excluding carboxylic acids is 1. The van der Waals surface area contributed by atoms with Gasteiger partial charge in [-0.25, -0.2) is 13.6 Å². The van der Waals surface area contributed by atoms with Crippen LogP contribution in [0.1, 0.15) is 19.8 Å². The zero-order valence-electron chi connectivity index (χ0n) is 10.8. The SMILES string of the molecule is CCCNC(=O)CCNc1ccccc1S(N)(=O)=O. The molecule has 0 saturated heterocycles. The molecule has 0 fully saturated rings. The van der Waals surface area contributed by atoms with Crippen molar-refractivity contribution in [2.75, 3.05) is 18.4 Å². The topological polar surface area (TPSA) is 101 Å². The molecule has 0 aliphatic heterocycles. The first-order valence-electron chi connectivity index (χ1n) is 6.07. The molecule has 0 aliphatic carbocycles. The Morgan fingerprint density at radius 1 is 1.26 bits per heavy atom. The first-order chi connectivity index (χ1) is 8.95. The van der Waals surface area contributed by atoms with Crippen molar-refractivity contribution < 1.29 is 13.2 Å². The number of hydrogen-bond donors (Lipinski definition) is 3. The summed E-state index contributed by atoms with van der Waals surface area (Å²) >= 11 is 0. The normalized spacial score (nSPS) is 11.1. The highest BCUT2D eigenvalue weighted by atomic mass is 32.2. The minimum atomic E-state index is -3.76. The smallest absolute Gasteiger partial charge is 0.240 e. The van der Waals surface area contributed by atoms with Gasteiger partial charge < -0.3 is 10.6 Å². The first kappa shape index (κ1) is 15.5. The van der Waals surface area contributed by atoms with Crippen molar-refractivity contribution in [2.45, 2.75) is 24.7 Å². The summed E-state index contributed by atoms with van der Waals surface area (Å²) in [5.74, 6) is -0.0672. The van der Waals surface area contributed by atoms with Crippen molar-refractivity contribution in [3.05, 3.63) is 24.3 Å². The van der Waals surface area contributed by atoms with Crippen LogP contribution < -0.4 is 15.8 Å². The second kappa shape index (κ2) is 7.10. The van der Waals surface area contributed by atoms with E-state index in [1.807, 2.05) is 6.92 Å². The number of nitrogens with one attached hydrogen (secondary N) is 2. The van der Waals surface area contributed by atoms with Crippen LogP contribution in [-0.2, 0) is 14.8 Å². The summed E-state index contributed by atoms with van der Waals surface area (Å²) in [6.07, 6.45) is 1.16. The van der Waals surface area contributed by atoms with Gasteiger partial charge in [-0.1, -0.05) is 19.1 Å². The van der Waals surface area contributed by atoms with Gasteiger partial charge >= 0.3 is 0 Å². The Hall–Kier alpha value is -1.60. The number of nitrogens with two attached hydrogens (primary N) is 1. The number of benzene rings is 1. The largest absolute Gasteiger partial charge is 0.383 e. The van der Waals surface area contributed by atoms with Gasteiger partial charge in [0.05, 0.1) is 5.69 Å². The molecule has 0 aromatic heterocycles. The molecule has 0 bridgehead atoms. The molecule has 1 aromatic rings. The van der Waals surface area contributed by atoms with Gasteiger partial charge in [-0.3, -0.25) is 4.79 Å². The van der Waals surface area contributed by atoms with Crippen LogP contribution in [0.3, 0.4) is 0 Å². The van der Waals surface area contributed by atoms with E-state index in [9.17, 15) is 13.2 Å². The molecule has 0 heterocycles. The highest BCUT2D eigenvalue weighted by molar-refractivity contribution is 7.89. The van der Waals surface area contributed by atoms with E-state index < -0.39 is 10.0 Å². The third-order valence-corrected chi connectivity index (χ3v) is 3.40. The van der Waals surface area contributed by atoms with Gasteiger partial charge in [0.1, 0.15) is 4.90 Å². The first-order valence-corrected chi connectivity index (χ1v) is 7.62. The third kappa shape index (κ3) is 5.27. The van der Waals surface area contributed by atoms with E-state index in [1.165, 1.54) is 6.07 Å². The Bertz CT molecular complexity index is 529. The van der Waals surface area contributed by atoms with Gasteiger partial charge in [0, 0.05) is 19.5 Å². The molecule has 0 aliphatic rings. The average molecular weight is 285 g/mol. The predicted octanol–water partition coefficient (Wildman–Crippen LogP) is 0.662. The number of hydrogen-bond acceptors (Lipinski definition) is 4. The van der Waals surface area contributed by atoms with Crippen LogP contribution in [0.2, 0.25) is 0 Å². The van der Waals surface area contributed by atoms with Crippen molar-refractivity contribution in [3.63, 3.8) is 0 Å². The van der Waals surface area contributed by atoms with Crippen molar-refractivity contribution in [2.24, 2.45) is 5.14 Å². The molecule has 0 unspecified atom stereocenters. The van der Waals surface area contributed by atoms with Crippen molar-refractivity contribution in [3.8, 4) is 0 Å². The number of anilines is 1. The zero-order valence-corrected chi connectivity index (χ0v) is 11.7. The average Bonchev–Trinajstić information content (AvgIpc) is 2.35. The Morgan fingerprint density at radius 3 is 2.58 bits per heavy atom. The molecule has 19 heavy (non-hydrogen) atoms. The second-order valence-corrected chi connectivity index (χ2v) is 5.60. The molecule has 1 rings (SSSR count). The molecule has 0 atom stereocenters. The summed E-state index contributed by atoms with van der Waals surface area (Å²) in [6.45, 7) is 2.97. The lowest BCUT2D eigenvalue weighted by Gasteiger charge is -2.10. The highest BCUT2D eigenvalue weighted by Crippen LogP contribution is 2.18. The Balaban J connectivity index is 2.57. The summed E-state index contributed by atoms with van der Waals surface area (Å²) in [4.78, 5) is 11.4. The van der Waals surface area contributed by atoms with E-state index in [0.29, 0.717) is 18.8 Å². The maximum atomic E-state index is 11.4. The number of amides is 1. The van der Waals surface area contributed by atoms with E-state index in [0.717, 1.165) is 6.42 Å². The maximum Gasteiger partial charge on any atom is 0.240 e. The van der Waals surface area contributed by atoms with Gasteiger partial charge in [-0.15, -0.1) is 0 Å². The Morgan fingerprint density at radius 2 is 1.95 bits per heavy atom. The lowest BCUT2D eigenvalue weighted by Crippen LogP contribution is -2.26. The molecule has 1 amide bonds. The Kier molecular flexibility index (Phi) is 5.78. The second-order valence-electron chi connectivity index (χ2n) is 4.07. The molecule has 7 heteroatoms. The lowest BCUT2D eigenvalue weighted by molar-refractivity contribution is -0.120. The minimum Gasteiger partial charge on any atom is -0.383 e. The lowest BCUT2D eigenvalue weighted by atomic mass is 10.3. The monoisotopic (exact) mass is 285 g/mol. The fourth-order valence-corrected chi connectivity index (χ4v) is 2.24. The van der Waals surface area contributed by atoms with Gasteiger partial charge in [-0.05, 0) is 18.6 Å². The molecular formula is C12H19N3O3S. The fourth-order valence-electron chi connectivity index (χ4n) is 1.52. The summed E-state index contributed by atoms with van der Waals surface area (Å²) in [5.41, 5.74) is 0.410. The number of rotatable bonds is 7. The van der Waals surface area contributed by atoms with E-state index in [4.69, 9.17) is 5.14 Å². The van der Waals surface area contributed by atoms with Crippen molar-refractivity contribution >= 4 is 21.6 Å². The van der Waals surface area contributed by atoms with E-state index in [-0.39, 0.29) is 17.2 Å². The van der Waals surface area contributed by atoms with Crippen LogP contribution in [-0.4, -0.2) is 27.4 Å². The van der Waals surface area contributed by atoms with Crippen LogP contribution in [0, 0.1) is 0 Å². The summed E-state index contributed by atoms with van der Waals surface area (Å²) in [6, 6.07) is 6.34. The standard InChI is InChI=1S/C12H19N3O3S/c1-2-8-15-12(16)7-9-14-10-5-3-4-6-11(10)19(13,17)18/h3-6,14H,2,7-9H2,1H3,(H,15,16)(H2,13,17,18). The van der Waals surface area contributed by atoms with E-state index >= 15 is 0 Å². The maximum absolute atomic E-state index is 11.4. The third-order valence-electron chi connectivity index (χ3n) is 2.43. The molecule has 106 valence electrons. The summed E-state index contributed by atoms with van der Waals surface area (Å²) < 4.78 is 22.7. The molecule has 0 radical (unpaired) electrons. The number of carbonyl (C=O) groups is 1. The van der Waals surface area contributed by atoms with Gasteiger partial charge in [0.2, 0.25) is 15.9 Å². The summed E-state index contributed by atoms with van der Waals surface area (Å²) in [5, 5.41) is 10.8. The van der Waals surface area contributed by atoms with Crippen molar-refractivity contribution in [1.29, 1.82) is 0 Å². The molecule has 0 spiro atoms. The molecule has 4 N–H and O–H groups in total. The molecular weight excluding hydrogens is 266 g/mol. The number of sulfonamides is 1. The van der Waals surface area contributed by atoms with Gasteiger partial charge in [0.25, 0.3) is 0 Å². The van der Waals surface area contributed by atoms with Crippen LogP contribution >= 0.6 is 0 Å². The van der Waals surface area contributed by atoms with Crippen LogP contribution in [0.25, 0.3) is 0 Å². The van der Waals surface area contributed by atoms with E-state index in [1.54, 1.807) is 18.2 Å². The Labute approximate surface area is 113 Å². The van der Waals surface area contributed by atoms with Gasteiger partial charge in [0.15, 0.2) is 0 Å².